The molecule has 7 heteroatoms. The molecule has 0 aromatic heterocycles. The molecule has 2 aromatic carbocycles. The van der Waals surface area contributed by atoms with Gasteiger partial charge >= 0.3 is 0 Å². The van der Waals surface area contributed by atoms with E-state index in [-0.39, 0.29) is 32.0 Å². The molecule has 0 bridgehead atoms. The molecule has 0 saturated heterocycles. The normalized spacial score (nSPS) is 11.0. The van der Waals surface area contributed by atoms with Crippen molar-refractivity contribution >= 4 is 21.6 Å². The second-order valence-corrected chi connectivity index (χ2v) is 7.84. The highest BCUT2D eigenvalue weighted by Crippen LogP contribution is 2.18. The standard InChI is InChI=1S/C19H24N2O4S/c1-16-7-6-8-17(15-16)21(26(2,23)24)13-12-20-19(22)11-14-25-18-9-4-3-5-10-18/h3-10,15H,11-14H2,1-2H3,(H,20,22). The average molecular weight is 376 g/mol. The van der Waals surface area contributed by atoms with Crippen LogP contribution in [-0.4, -0.2) is 40.3 Å². The zero-order valence-electron chi connectivity index (χ0n) is 15.0. The summed E-state index contributed by atoms with van der Waals surface area (Å²) in [5.41, 5.74) is 1.56. The summed E-state index contributed by atoms with van der Waals surface area (Å²) in [6, 6.07) is 16.5. The van der Waals surface area contributed by atoms with Gasteiger partial charge in [0.15, 0.2) is 0 Å². The molecule has 0 radical (unpaired) electrons. The summed E-state index contributed by atoms with van der Waals surface area (Å²) in [5, 5.41) is 2.73. The number of hydrogen-bond donors (Lipinski definition) is 1. The number of carbonyl (C=O) groups is 1. The Hall–Kier alpha value is -2.54. The summed E-state index contributed by atoms with van der Waals surface area (Å²) < 4.78 is 30.8. The predicted molar refractivity (Wildman–Crippen MR) is 103 cm³/mol. The molecule has 0 heterocycles. The maximum absolute atomic E-state index is 12.0. The average Bonchev–Trinajstić information content (AvgIpc) is 2.58. The van der Waals surface area contributed by atoms with Crippen LogP contribution in [0.4, 0.5) is 5.69 Å². The van der Waals surface area contributed by atoms with Gasteiger partial charge in [-0.05, 0) is 36.8 Å². The fraction of sp³-hybridized carbons (Fsp3) is 0.316. The predicted octanol–water partition coefficient (Wildman–Crippen LogP) is 2.35. The minimum absolute atomic E-state index is 0.174. The number of nitrogens with one attached hydrogen (secondary N) is 1. The lowest BCUT2D eigenvalue weighted by Crippen LogP contribution is -2.38. The van der Waals surface area contributed by atoms with Crippen LogP contribution in [0.5, 0.6) is 5.75 Å². The highest BCUT2D eigenvalue weighted by atomic mass is 32.2. The van der Waals surface area contributed by atoms with Crippen LogP contribution in [0.1, 0.15) is 12.0 Å². The summed E-state index contributed by atoms with van der Waals surface area (Å²) in [6.07, 6.45) is 1.36. The first-order chi connectivity index (χ1) is 12.4. The van der Waals surface area contributed by atoms with Crippen molar-refractivity contribution in [1.82, 2.24) is 5.32 Å². The number of carbonyl (C=O) groups excluding carboxylic acids is 1. The van der Waals surface area contributed by atoms with Crippen molar-refractivity contribution < 1.29 is 17.9 Å². The van der Waals surface area contributed by atoms with Crippen molar-refractivity contribution in [2.45, 2.75) is 13.3 Å². The maximum Gasteiger partial charge on any atom is 0.232 e. The third-order valence-corrected chi connectivity index (χ3v) is 4.86. The van der Waals surface area contributed by atoms with E-state index in [4.69, 9.17) is 4.74 Å². The minimum atomic E-state index is -3.43. The van der Waals surface area contributed by atoms with Gasteiger partial charge in [-0.3, -0.25) is 9.10 Å². The van der Waals surface area contributed by atoms with Crippen LogP contribution in [0, 0.1) is 6.92 Å². The summed E-state index contributed by atoms with van der Waals surface area (Å²) >= 11 is 0. The Morgan fingerprint density at radius 2 is 1.85 bits per heavy atom. The summed E-state index contributed by atoms with van der Waals surface area (Å²) in [5.74, 6) is 0.529. The van der Waals surface area contributed by atoms with Crippen molar-refractivity contribution in [2.24, 2.45) is 0 Å². The molecule has 140 valence electrons. The molecule has 0 aliphatic heterocycles. The first kappa shape index (κ1) is 19.8. The number of para-hydroxylation sites is 1. The fourth-order valence-electron chi connectivity index (χ4n) is 2.43. The number of anilines is 1. The fourth-order valence-corrected chi connectivity index (χ4v) is 3.35. The van der Waals surface area contributed by atoms with Crippen molar-refractivity contribution in [3.63, 3.8) is 0 Å². The van der Waals surface area contributed by atoms with Gasteiger partial charge in [-0.15, -0.1) is 0 Å². The number of amides is 1. The third kappa shape index (κ3) is 6.40. The Balaban J connectivity index is 1.81. The largest absolute Gasteiger partial charge is 0.493 e. The van der Waals surface area contributed by atoms with Crippen LogP contribution < -0.4 is 14.4 Å². The van der Waals surface area contributed by atoms with Crippen LogP contribution in [0.15, 0.2) is 54.6 Å². The van der Waals surface area contributed by atoms with E-state index in [1.807, 2.05) is 49.4 Å². The van der Waals surface area contributed by atoms with E-state index in [9.17, 15) is 13.2 Å². The van der Waals surface area contributed by atoms with E-state index < -0.39 is 10.0 Å². The van der Waals surface area contributed by atoms with Gasteiger partial charge in [-0.1, -0.05) is 30.3 Å². The lowest BCUT2D eigenvalue weighted by atomic mass is 10.2. The molecule has 2 aromatic rings. The molecule has 2 rings (SSSR count). The van der Waals surface area contributed by atoms with Gasteiger partial charge in [0, 0.05) is 6.54 Å². The molecule has 1 amide bonds. The molecule has 0 aliphatic rings. The van der Waals surface area contributed by atoms with Gasteiger partial charge in [0.25, 0.3) is 0 Å². The Morgan fingerprint density at radius 3 is 2.50 bits per heavy atom. The van der Waals surface area contributed by atoms with Crippen LogP contribution in [0.3, 0.4) is 0 Å². The minimum Gasteiger partial charge on any atom is -0.493 e. The van der Waals surface area contributed by atoms with E-state index in [2.05, 4.69) is 5.32 Å². The van der Waals surface area contributed by atoms with Crippen molar-refractivity contribution in [1.29, 1.82) is 0 Å². The molecular formula is C19H24N2O4S. The number of ether oxygens (including phenoxy) is 1. The van der Waals surface area contributed by atoms with E-state index >= 15 is 0 Å². The second kappa shape index (κ2) is 9.24. The molecule has 6 nitrogen and oxygen atoms in total. The highest BCUT2D eigenvalue weighted by Gasteiger charge is 2.17. The van der Waals surface area contributed by atoms with Crippen LogP contribution in [-0.2, 0) is 14.8 Å². The third-order valence-electron chi connectivity index (χ3n) is 3.67. The summed E-state index contributed by atoms with van der Waals surface area (Å²) in [6.45, 7) is 2.57. The van der Waals surface area contributed by atoms with Gasteiger partial charge < -0.3 is 10.1 Å². The van der Waals surface area contributed by atoms with E-state index in [0.29, 0.717) is 11.4 Å². The summed E-state index contributed by atoms with van der Waals surface area (Å²) in [4.78, 5) is 11.9. The number of hydrogen-bond acceptors (Lipinski definition) is 4. The zero-order valence-corrected chi connectivity index (χ0v) is 15.8. The summed E-state index contributed by atoms with van der Waals surface area (Å²) in [7, 11) is -3.43. The number of sulfonamides is 1. The van der Waals surface area contributed by atoms with Gasteiger partial charge in [-0.2, -0.15) is 0 Å². The van der Waals surface area contributed by atoms with Gasteiger partial charge in [0.05, 0.1) is 31.5 Å². The first-order valence-electron chi connectivity index (χ1n) is 8.35. The Labute approximate surface area is 154 Å². The number of nitrogens with zero attached hydrogens (tertiary/aromatic N) is 1. The molecular weight excluding hydrogens is 352 g/mol. The topological polar surface area (TPSA) is 75.7 Å². The Kier molecular flexibility index (Phi) is 7.03. The van der Waals surface area contributed by atoms with Crippen LogP contribution in [0.25, 0.3) is 0 Å². The maximum atomic E-state index is 12.0. The van der Waals surface area contributed by atoms with E-state index in [1.165, 1.54) is 4.31 Å². The van der Waals surface area contributed by atoms with E-state index in [1.54, 1.807) is 12.1 Å². The van der Waals surface area contributed by atoms with E-state index in [0.717, 1.165) is 11.8 Å². The molecule has 0 saturated carbocycles. The monoisotopic (exact) mass is 376 g/mol. The van der Waals surface area contributed by atoms with Gasteiger partial charge in [-0.25, -0.2) is 8.42 Å². The lowest BCUT2D eigenvalue weighted by molar-refractivity contribution is -0.121. The van der Waals surface area contributed by atoms with Gasteiger partial charge in [0.1, 0.15) is 5.75 Å². The second-order valence-electron chi connectivity index (χ2n) is 5.94. The van der Waals surface area contributed by atoms with Crippen molar-refractivity contribution in [3.8, 4) is 5.75 Å². The zero-order chi connectivity index (χ0) is 19.0. The molecule has 0 fully saturated rings. The first-order valence-corrected chi connectivity index (χ1v) is 10.2. The van der Waals surface area contributed by atoms with Crippen molar-refractivity contribution in [3.05, 3.63) is 60.2 Å². The van der Waals surface area contributed by atoms with Crippen LogP contribution >= 0.6 is 0 Å². The SMILES string of the molecule is Cc1cccc(N(CCNC(=O)CCOc2ccccc2)S(C)(=O)=O)c1. The Morgan fingerprint density at radius 1 is 1.12 bits per heavy atom. The van der Waals surface area contributed by atoms with Crippen LogP contribution in [0.2, 0.25) is 0 Å². The molecule has 26 heavy (non-hydrogen) atoms. The Bertz CT molecular complexity index is 822. The molecule has 1 N–H and O–H groups in total. The van der Waals surface area contributed by atoms with Gasteiger partial charge in [0.2, 0.25) is 15.9 Å². The quantitative estimate of drug-likeness (QED) is 0.729. The number of aryl methyl sites for hydroxylation is 1. The molecule has 0 unspecified atom stereocenters. The molecule has 0 aliphatic carbocycles. The van der Waals surface area contributed by atoms with Crippen molar-refractivity contribution in [2.75, 3.05) is 30.3 Å². The molecule has 0 spiro atoms. The highest BCUT2D eigenvalue weighted by molar-refractivity contribution is 7.92. The number of benzene rings is 2. The lowest BCUT2D eigenvalue weighted by Gasteiger charge is -2.23. The molecule has 0 atom stereocenters. The number of rotatable bonds is 9. The smallest absolute Gasteiger partial charge is 0.232 e.